The molecule has 2 unspecified atom stereocenters. The number of rotatable bonds is 1. The molecule has 0 aromatic heterocycles. The molecule has 2 aliphatic rings. The average molecular weight is 240 g/mol. The number of carbonyl (C=O) groups is 1. The van der Waals surface area contributed by atoms with Crippen LogP contribution in [0.2, 0.25) is 0 Å². The molecule has 98 valence electrons. The van der Waals surface area contributed by atoms with Crippen LogP contribution in [-0.4, -0.2) is 49.2 Å². The van der Waals surface area contributed by atoms with Crippen LogP contribution in [0.1, 0.15) is 33.6 Å². The number of nitrogens with one attached hydrogen (secondary N) is 1. The Morgan fingerprint density at radius 3 is 2.29 bits per heavy atom. The number of nitrogens with zero attached hydrogens (tertiary/aromatic N) is 1. The Kier molecular flexibility index (Phi) is 3.73. The summed E-state index contributed by atoms with van der Waals surface area (Å²) in [4.78, 5) is 14.6. The number of hydrogen-bond donors (Lipinski definition) is 1. The molecule has 2 rings (SSSR count). The zero-order valence-corrected chi connectivity index (χ0v) is 11.2. The van der Waals surface area contributed by atoms with E-state index in [1.165, 1.54) is 0 Å². The fraction of sp³-hybridized carbons (Fsp3) is 0.923. The van der Waals surface area contributed by atoms with E-state index in [1.54, 1.807) is 0 Å². The summed E-state index contributed by atoms with van der Waals surface area (Å²) >= 11 is 0. The van der Waals surface area contributed by atoms with E-state index in [-0.39, 0.29) is 17.6 Å². The predicted octanol–water partition coefficient (Wildman–Crippen LogP) is 1.01. The third-order valence-electron chi connectivity index (χ3n) is 3.93. The summed E-state index contributed by atoms with van der Waals surface area (Å²) in [5.74, 6) is 0.320. The fourth-order valence-corrected chi connectivity index (χ4v) is 2.92. The molecule has 4 nitrogen and oxygen atoms in total. The van der Waals surface area contributed by atoms with Crippen LogP contribution in [0.15, 0.2) is 0 Å². The van der Waals surface area contributed by atoms with Crippen LogP contribution < -0.4 is 5.32 Å². The van der Waals surface area contributed by atoms with Gasteiger partial charge in [-0.2, -0.15) is 0 Å². The second-order valence-electron chi connectivity index (χ2n) is 5.78. The van der Waals surface area contributed by atoms with Crippen molar-refractivity contribution in [2.75, 3.05) is 26.2 Å². The van der Waals surface area contributed by atoms with Crippen LogP contribution >= 0.6 is 0 Å². The molecule has 2 saturated heterocycles. The lowest BCUT2D eigenvalue weighted by Crippen LogP contribution is -2.54. The highest BCUT2D eigenvalue weighted by Crippen LogP contribution is 2.31. The van der Waals surface area contributed by atoms with Crippen LogP contribution in [0.3, 0.4) is 0 Å². The first-order chi connectivity index (χ1) is 8.01. The van der Waals surface area contributed by atoms with Gasteiger partial charge in [-0.15, -0.1) is 0 Å². The van der Waals surface area contributed by atoms with Gasteiger partial charge in [0.05, 0.1) is 12.2 Å². The quantitative estimate of drug-likeness (QED) is 0.744. The summed E-state index contributed by atoms with van der Waals surface area (Å²) in [6.45, 7) is 9.59. The van der Waals surface area contributed by atoms with E-state index < -0.39 is 0 Å². The molecule has 0 bridgehead atoms. The van der Waals surface area contributed by atoms with Gasteiger partial charge in [0.1, 0.15) is 0 Å². The summed E-state index contributed by atoms with van der Waals surface area (Å²) < 4.78 is 5.68. The number of ether oxygens (including phenoxy) is 1. The molecular weight excluding hydrogens is 216 g/mol. The van der Waals surface area contributed by atoms with E-state index in [0.717, 1.165) is 39.0 Å². The number of carbonyl (C=O) groups excluding carboxylic acids is 1. The molecule has 2 heterocycles. The second kappa shape index (κ2) is 4.94. The van der Waals surface area contributed by atoms with Gasteiger partial charge in [-0.05, 0) is 39.8 Å². The first kappa shape index (κ1) is 12.8. The highest BCUT2D eigenvalue weighted by molar-refractivity contribution is 5.82. The van der Waals surface area contributed by atoms with E-state index >= 15 is 0 Å². The largest absolute Gasteiger partial charge is 0.372 e. The molecule has 1 amide bonds. The lowest BCUT2D eigenvalue weighted by Gasteiger charge is -2.42. The first-order valence-corrected chi connectivity index (χ1v) is 6.67. The summed E-state index contributed by atoms with van der Waals surface area (Å²) in [6.07, 6.45) is 2.22. The molecule has 4 heteroatoms. The molecule has 0 spiro atoms. The van der Waals surface area contributed by atoms with Gasteiger partial charge in [-0.1, -0.05) is 6.92 Å². The molecule has 1 N–H and O–H groups in total. The molecule has 0 radical (unpaired) electrons. The van der Waals surface area contributed by atoms with Crippen molar-refractivity contribution in [3.63, 3.8) is 0 Å². The normalized spacial score (nSPS) is 33.5. The summed E-state index contributed by atoms with van der Waals surface area (Å²) in [5.41, 5.74) is -0.165. The Bertz CT molecular complexity index is 277. The molecule has 0 aromatic carbocycles. The van der Waals surface area contributed by atoms with E-state index in [0.29, 0.717) is 5.91 Å². The minimum absolute atomic E-state index is 0.160. The van der Waals surface area contributed by atoms with Gasteiger partial charge in [0.15, 0.2) is 0 Å². The van der Waals surface area contributed by atoms with Gasteiger partial charge in [-0.3, -0.25) is 4.79 Å². The maximum Gasteiger partial charge on any atom is 0.228 e. The number of morpholine rings is 1. The average Bonchev–Trinajstić information content (AvgIpc) is 2.27. The molecule has 0 saturated carbocycles. The molecule has 0 aromatic rings. The van der Waals surface area contributed by atoms with Crippen LogP contribution in [-0.2, 0) is 9.53 Å². The second-order valence-corrected chi connectivity index (χ2v) is 5.78. The smallest absolute Gasteiger partial charge is 0.228 e. The van der Waals surface area contributed by atoms with Crippen molar-refractivity contribution in [3.8, 4) is 0 Å². The number of amides is 1. The fourth-order valence-electron chi connectivity index (χ4n) is 2.92. The minimum atomic E-state index is -0.165. The Labute approximate surface area is 104 Å². The van der Waals surface area contributed by atoms with Crippen LogP contribution in [0.4, 0.5) is 0 Å². The summed E-state index contributed by atoms with van der Waals surface area (Å²) in [7, 11) is 0. The third-order valence-corrected chi connectivity index (χ3v) is 3.93. The minimum Gasteiger partial charge on any atom is -0.372 e. The Morgan fingerprint density at radius 1 is 1.24 bits per heavy atom. The van der Waals surface area contributed by atoms with E-state index in [4.69, 9.17) is 4.74 Å². The lowest BCUT2D eigenvalue weighted by atomic mass is 9.79. The monoisotopic (exact) mass is 240 g/mol. The topological polar surface area (TPSA) is 41.6 Å². The van der Waals surface area contributed by atoms with Crippen molar-refractivity contribution in [1.29, 1.82) is 0 Å². The van der Waals surface area contributed by atoms with Gasteiger partial charge in [0, 0.05) is 18.5 Å². The zero-order chi connectivity index (χ0) is 12.5. The van der Waals surface area contributed by atoms with E-state index in [2.05, 4.69) is 12.2 Å². The van der Waals surface area contributed by atoms with Gasteiger partial charge in [0.25, 0.3) is 0 Å². The van der Waals surface area contributed by atoms with Gasteiger partial charge < -0.3 is 15.0 Å². The number of piperidine rings is 1. The van der Waals surface area contributed by atoms with Crippen molar-refractivity contribution >= 4 is 5.91 Å². The molecule has 17 heavy (non-hydrogen) atoms. The Morgan fingerprint density at radius 2 is 1.76 bits per heavy atom. The standard InChI is InChI=1S/C13H24N2O2/c1-10-8-15(9-11(2)17-10)12(16)13(3)4-6-14-7-5-13/h10-11,14H,4-9H2,1-3H3. The SMILES string of the molecule is CC1CN(C(=O)C2(C)CCNCC2)CC(C)O1. The molecule has 2 atom stereocenters. The predicted molar refractivity (Wildman–Crippen MR) is 66.8 cm³/mol. The van der Waals surface area contributed by atoms with Crippen molar-refractivity contribution in [1.82, 2.24) is 10.2 Å². The van der Waals surface area contributed by atoms with E-state index in [9.17, 15) is 4.79 Å². The molecule has 0 aliphatic carbocycles. The lowest BCUT2D eigenvalue weighted by molar-refractivity contribution is -0.154. The van der Waals surface area contributed by atoms with Gasteiger partial charge >= 0.3 is 0 Å². The van der Waals surface area contributed by atoms with Crippen molar-refractivity contribution in [2.24, 2.45) is 5.41 Å². The van der Waals surface area contributed by atoms with Gasteiger partial charge in [-0.25, -0.2) is 0 Å². The van der Waals surface area contributed by atoms with Gasteiger partial charge in [0.2, 0.25) is 5.91 Å². The highest BCUT2D eigenvalue weighted by Gasteiger charge is 2.39. The first-order valence-electron chi connectivity index (χ1n) is 6.67. The summed E-state index contributed by atoms with van der Waals surface area (Å²) in [6, 6.07) is 0. The maximum atomic E-state index is 12.6. The molecule has 2 aliphatic heterocycles. The van der Waals surface area contributed by atoms with E-state index in [1.807, 2.05) is 18.7 Å². The van der Waals surface area contributed by atoms with Crippen molar-refractivity contribution < 1.29 is 9.53 Å². The highest BCUT2D eigenvalue weighted by atomic mass is 16.5. The molecule has 2 fully saturated rings. The number of hydrogen-bond acceptors (Lipinski definition) is 3. The van der Waals surface area contributed by atoms with Crippen LogP contribution in [0, 0.1) is 5.41 Å². The Balaban J connectivity index is 2.03. The van der Waals surface area contributed by atoms with Crippen LogP contribution in [0.25, 0.3) is 0 Å². The summed E-state index contributed by atoms with van der Waals surface area (Å²) in [5, 5.41) is 3.32. The molecular formula is C13H24N2O2. The zero-order valence-electron chi connectivity index (χ0n) is 11.2. The van der Waals surface area contributed by atoms with Crippen molar-refractivity contribution in [3.05, 3.63) is 0 Å². The van der Waals surface area contributed by atoms with Crippen LogP contribution in [0.5, 0.6) is 0 Å². The van der Waals surface area contributed by atoms with Crippen molar-refractivity contribution in [2.45, 2.75) is 45.8 Å². The maximum absolute atomic E-state index is 12.6. The third kappa shape index (κ3) is 2.80. The Hall–Kier alpha value is -0.610.